The molecule has 0 aliphatic heterocycles. The molecule has 0 spiro atoms. The number of aryl methyl sites for hydroxylation is 3. The minimum atomic E-state index is -0.819. The number of amides is 1. The van der Waals surface area contributed by atoms with Gasteiger partial charge in [0.1, 0.15) is 17.5 Å². The lowest BCUT2D eigenvalue weighted by atomic mass is 10.4. The highest BCUT2D eigenvalue weighted by Gasteiger charge is 2.20. The van der Waals surface area contributed by atoms with Crippen LogP contribution >= 0.6 is 0 Å². The molecule has 0 saturated carbocycles. The average molecular weight is 326 g/mol. The first-order valence-electron chi connectivity index (χ1n) is 7.34. The van der Waals surface area contributed by atoms with Crippen LogP contribution in [0.25, 0.3) is 0 Å². The minimum absolute atomic E-state index is 0.000301. The van der Waals surface area contributed by atoms with Crippen LogP contribution in [0.15, 0.2) is 0 Å². The molecule has 0 unspecified atom stereocenters. The number of carbonyl (C=O) groups is 2. The number of hydrogen-bond acceptors (Lipinski definition) is 5. The molecule has 0 aliphatic rings. The van der Waals surface area contributed by atoms with Gasteiger partial charge in [-0.1, -0.05) is 0 Å². The molecule has 8 nitrogen and oxygen atoms in total. The molecule has 1 rings (SSSR count). The first-order valence-corrected chi connectivity index (χ1v) is 7.34. The third-order valence-electron chi connectivity index (χ3n) is 3.11. The van der Waals surface area contributed by atoms with E-state index in [-0.39, 0.29) is 12.5 Å². The van der Waals surface area contributed by atoms with E-state index < -0.39 is 5.97 Å². The van der Waals surface area contributed by atoms with Gasteiger partial charge in [-0.3, -0.25) is 4.79 Å². The van der Waals surface area contributed by atoms with Crippen LogP contribution in [0, 0.1) is 20.8 Å². The van der Waals surface area contributed by atoms with Crippen LogP contribution in [-0.2, 0) is 9.59 Å². The van der Waals surface area contributed by atoms with Crippen molar-refractivity contribution in [2.45, 2.75) is 27.7 Å². The summed E-state index contributed by atoms with van der Waals surface area (Å²) in [4.78, 5) is 35.0. The lowest BCUT2D eigenvalue weighted by molar-refractivity contribution is -0.882. The summed E-state index contributed by atoms with van der Waals surface area (Å²) in [5.41, 5.74) is 0. The second-order valence-electron chi connectivity index (χ2n) is 6.13. The van der Waals surface area contributed by atoms with Crippen molar-refractivity contribution in [1.82, 2.24) is 19.9 Å². The molecule has 8 heteroatoms. The number of carboxylic acid groups (broad SMARTS) is 1. The van der Waals surface area contributed by atoms with Gasteiger partial charge in [0.05, 0.1) is 27.2 Å². The SMILES string of the molecule is CC(=O)N(C)CC[N+](C)(C)CC(=O)O.Cc1nc(C)nc(C)n1. The van der Waals surface area contributed by atoms with Gasteiger partial charge in [-0.15, -0.1) is 0 Å². The van der Waals surface area contributed by atoms with Crippen molar-refractivity contribution >= 4 is 11.9 Å². The summed E-state index contributed by atoms with van der Waals surface area (Å²) in [6, 6.07) is 0. The van der Waals surface area contributed by atoms with E-state index in [1.807, 2.05) is 34.9 Å². The number of carbonyl (C=O) groups excluding carboxylic acids is 1. The maximum absolute atomic E-state index is 10.9. The van der Waals surface area contributed by atoms with E-state index in [0.717, 1.165) is 17.5 Å². The maximum Gasteiger partial charge on any atom is 0.359 e. The van der Waals surface area contributed by atoms with Crippen molar-refractivity contribution in [3.63, 3.8) is 0 Å². The second-order valence-corrected chi connectivity index (χ2v) is 6.13. The Bertz CT molecular complexity index is 495. The smallest absolute Gasteiger partial charge is 0.359 e. The second kappa shape index (κ2) is 9.14. The number of aromatic nitrogens is 3. The Kier molecular flexibility index (Phi) is 8.31. The Hall–Kier alpha value is -2.09. The van der Waals surface area contributed by atoms with Gasteiger partial charge in [0, 0.05) is 14.0 Å². The molecule has 0 aromatic carbocycles. The van der Waals surface area contributed by atoms with Gasteiger partial charge in [0.25, 0.3) is 0 Å². The third-order valence-corrected chi connectivity index (χ3v) is 3.11. The molecule has 23 heavy (non-hydrogen) atoms. The fourth-order valence-corrected chi connectivity index (χ4v) is 1.80. The molecule has 0 bridgehead atoms. The molecule has 1 N–H and O–H groups in total. The van der Waals surface area contributed by atoms with E-state index in [1.54, 1.807) is 11.9 Å². The third kappa shape index (κ3) is 10.3. The van der Waals surface area contributed by atoms with Gasteiger partial charge in [-0.25, -0.2) is 19.7 Å². The Morgan fingerprint density at radius 2 is 1.43 bits per heavy atom. The predicted molar refractivity (Wildman–Crippen MR) is 86.8 cm³/mol. The van der Waals surface area contributed by atoms with Gasteiger partial charge in [-0.2, -0.15) is 0 Å². The molecule has 0 radical (unpaired) electrons. The number of carboxylic acids is 1. The molecule has 0 fully saturated rings. The monoisotopic (exact) mass is 326 g/mol. The van der Waals surface area contributed by atoms with Crippen molar-refractivity contribution in [2.75, 3.05) is 40.8 Å². The highest BCUT2D eigenvalue weighted by Crippen LogP contribution is 1.97. The quantitative estimate of drug-likeness (QED) is 0.788. The lowest BCUT2D eigenvalue weighted by Gasteiger charge is -2.29. The van der Waals surface area contributed by atoms with Crippen molar-refractivity contribution in [3.05, 3.63) is 17.5 Å². The number of rotatable bonds is 5. The van der Waals surface area contributed by atoms with E-state index in [9.17, 15) is 9.59 Å². The van der Waals surface area contributed by atoms with Gasteiger partial charge >= 0.3 is 5.97 Å². The molecule has 1 aromatic heterocycles. The molecule has 0 saturated heterocycles. The zero-order valence-corrected chi connectivity index (χ0v) is 15.1. The van der Waals surface area contributed by atoms with E-state index in [0.29, 0.717) is 17.6 Å². The summed E-state index contributed by atoms with van der Waals surface area (Å²) in [7, 11) is 5.38. The summed E-state index contributed by atoms with van der Waals surface area (Å²) in [6.07, 6.45) is 0. The maximum atomic E-state index is 10.9. The zero-order valence-electron chi connectivity index (χ0n) is 15.1. The Balaban J connectivity index is 0.000000459. The fraction of sp³-hybridized carbons (Fsp3) is 0.667. The van der Waals surface area contributed by atoms with Crippen LogP contribution in [0.1, 0.15) is 24.4 Å². The molecule has 1 heterocycles. The average Bonchev–Trinajstić information content (AvgIpc) is 2.33. The normalized spacial score (nSPS) is 10.6. The Labute approximate surface area is 137 Å². The zero-order chi connectivity index (χ0) is 18.2. The largest absolute Gasteiger partial charge is 0.477 e. The molecule has 1 amide bonds. The molecule has 130 valence electrons. The van der Waals surface area contributed by atoms with Crippen LogP contribution < -0.4 is 0 Å². The lowest BCUT2D eigenvalue weighted by Crippen LogP contribution is -2.48. The number of hydrogen-bond donors (Lipinski definition) is 1. The summed E-state index contributed by atoms with van der Waals surface area (Å²) in [5, 5.41) is 8.63. The van der Waals surface area contributed by atoms with Crippen molar-refractivity contribution in [3.8, 4) is 0 Å². The van der Waals surface area contributed by atoms with Crippen LogP contribution in [-0.4, -0.2) is 82.1 Å². The molecular formula is C15H28N5O3+. The number of quaternary nitrogens is 1. The van der Waals surface area contributed by atoms with E-state index >= 15 is 0 Å². The topological polar surface area (TPSA) is 96.3 Å². The fourth-order valence-electron chi connectivity index (χ4n) is 1.80. The number of aliphatic carboxylic acids is 1. The van der Waals surface area contributed by atoms with Crippen LogP contribution in [0.4, 0.5) is 0 Å². The summed E-state index contributed by atoms with van der Waals surface area (Å²) in [6.45, 7) is 8.38. The first kappa shape index (κ1) is 20.9. The highest BCUT2D eigenvalue weighted by atomic mass is 16.4. The van der Waals surface area contributed by atoms with Crippen molar-refractivity contribution < 1.29 is 19.2 Å². The summed E-state index contributed by atoms with van der Waals surface area (Å²) in [5.74, 6) is 1.56. The van der Waals surface area contributed by atoms with Crippen LogP contribution in [0.3, 0.4) is 0 Å². The van der Waals surface area contributed by atoms with Crippen molar-refractivity contribution in [1.29, 1.82) is 0 Å². The predicted octanol–water partition coefficient (Wildman–Crippen LogP) is 0.423. The molecular weight excluding hydrogens is 298 g/mol. The Morgan fingerprint density at radius 3 is 1.74 bits per heavy atom. The highest BCUT2D eigenvalue weighted by molar-refractivity contribution is 5.72. The van der Waals surface area contributed by atoms with Gasteiger partial charge in [-0.05, 0) is 20.8 Å². The molecule has 0 atom stereocenters. The van der Waals surface area contributed by atoms with Crippen molar-refractivity contribution in [2.24, 2.45) is 0 Å². The molecule has 0 aliphatic carbocycles. The number of nitrogens with zero attached hydrogens (tertiary/aromatic N) is 5. The standard InChI is InChI=1S/C9H18N2O3.C6H9N3/c1-8(12)10(2)5-6-11(3,4)7-9(13)14;1-4-7-5(2)9-6(3)8-4/h5-7H2,1-4H3;1-3H3/p+1. The number of likely N-dealkylation sites (N-methyl/N-ethyl adjacent to an activating group) is 2. The van der Waals surface area contributed by atoms with Gasteiger partial charge < -0.3 is 14.5 Å². The van der Waals surface area contributed by atoms with Crippen LogP contribution in [0.2, 0.25) is 0 Å². The van der Waals surface area contributed by atoms with Gasteiger partial charge in [0.15, 0.2) is 6.54 Å². The van der Waals surface area contributed by atoms with E-state index in [2.05, 4.69) is 15.0 Å². The summed E-state index contributed by atoms with van der Waals surface area (Å²) >= 11 is 0. The summed E-state index contributed by atoms with van der Waals surface area (Å²) < 4.78 is 0.382. The first-order chi connectivity index (χ1) is 10.4. The van der Waals surface area contributed by atoms with E-state index in [4.69, 9.17) is 5.11 Å². The van der Waals surface area contributed by atoms with Crippen LogP contribution in [0.5, 0.6) is 0 Å². The molecule has 1 aromatic rings. The van der Waals surface area contributed by atoms with E-state index in [1.165, 1.54) is 6.92 Å². The minimum Gasteiger partial charge on any atom is -0.477 e. The Morgan fingerprint density at radius 1 is 1.04 bits per heavy atom. The van der Waals surface area contributed by atoms with Gasteiger partial charge in [0.2, 0.25) is 5.91 Å².